The number of rotatable bonds is 5. The van der Waals surface area contributed by atoms with E-state index in [0.29, 0.717) is 38.1 Å². The maximum Gasteiger partial charge on any atom is 0.251 e. The van der Waals surface area contributed by atoms with Crippen molar-refractivity contribution in [3.8, 4) is 0 Å². The van der Waals surface area contributed by atoms with Crippen LogP contribution in [0.4, 0.5) is 0 Å². The van der Waals surface area contributed by atoms with E-state index in [1.807, 2.05) is 4.90 Å². The quantitative estimate of drug-likeness (QED) is 0.732. The fourth-order valence-electron chi connectivity index (χ4n) is 4.43. The van der Waals surface area contributed by atoms with Gasteiger partial charge in [-0.3, -0.25) is 14.5 Å². The fourth-order valence-corrected chi connectivity index (χ4v) is 4.43. The molecule has 0 spiro atoms. The predicted molar refractivity (Wildman–Crippen MR) is 99.5 cm³/mol. The molecule has 2 heterocycles. The van der Waals surface area contributed by atoms with Gasteiger partial charge in [0, 0.05) is 38.8 Å². The molecular formula is C19H34N4O3. The van der Waals surface area contributed by atoms with Crippen molar-refractivity contribution in [2.45, 2.75) is 63.7 Å². The minimum absolute atomic E-state index is 0.0245. The van der Waals surface area contributed by atoms with Crippen molar-refractivity contribution in [2.24, 2.45) is 11.7 Å². The van der Waals surface area contributed by atoms with Crippen molar-refractivity contribution in [1.29, 1.82) is 0 Å². The fraction of sp³-hybridized carbons (Fsp3) is 0.895. The Morgan fingerprint density at radius 3 is 2.54 bits per heavy atom. The third-order valence-corrected chi connectivity index (χ3v) is 6.00. The second-order valence-corrected chi connectivity index (χ2v) is 8.20. The zero-order chi connectivity index (χ0) is 18.5. The van der Waals surface area contributed by atoms with Gasteiger partial charge in [-0.25, -0.2) is 0 Å². The van der Waals surface area contributed by atoms with Crippen LogP contribution in [0.25, 0.3) is 0 Å². The molecule has 0 bridgehead atoms. The van der Waals surface area contributed by atoms with Gasteiger partial charge in [0.25, 0.3) is 5.91 Å². The normalized spacial score (nSPS) is 33.2. The molecule has 1 aliphatic carbocycles. The number of carbonyl (C=O) groups is 2. The lowest BCUT2D eigenvalue weighted by atomic mass is 9.87. The number of hydrogen-bond donors (Lipinski definition) is 2. The van der Waals surface area contributed by atoms with Crippen LogP contribution in [0.15, 0.2) is 0 Å². The van der Waals surface area contributed by atoms with Gasteiger partial charge in [0.15, 0.2) is 0 Å². The summed E-state index contributed by atoms with van der Waals surface area (Å²) in [5.41, 5.74) is 5.62. The van der Waals surface area contributed by atoms with E-state index in [2.05, 4.69) is 17.1 Å². The molecule has 2 saturated heterocycles. The molecule has 7 nitrogen and oxygen atoms in total. The predicted octanol–water partition coefficient (Wildman–Crippen LogP) is 0.332. The Morgan fingerprint density at radius 2 is 1.88 bits per heavy atom. The lowest BCUT2D eigenvalue weighted by Gasteiger charge is -2.36. The molecule has 4 atom stereocenters. The van der Waals surface area contributed by atoms with Gasteiger partial charge in [-0.15, -0.1) is 0 Å². The Kier molecular flexibility index (Phi) is 6.89. The van der Waals surface area contributed by atoms with Crippen molar-refractivity contribution in [3.63, 3.8) is 0 Å². The molecule has 3 N–H and O–H groups in total. The number of hydrogen-bond acceptors (Lipinski definition) is 5. The smallest absolute Gasteiger partial charge is 0.251 e. The first-order valence-electron chi connectivity index (χ1n) is 10.2. The van der Waals surface area contributed by atoms with Crippen LogP contribution in [-0.2, 0) is 14.3 Å². The zero-order valence-corrected chi connectivity index (χ0v) is 16.0. The van der Waals surface area contributed by atoms with Crippen LogP contribution in [0.2, 0.25) is 0 Å². The number of amides is 2. The number of nitrogens with one attached hydrogen (secondary N) is 1. The summed E-state index contributed by atoms with van der Waals surface area (Å²) in [5.74, 6) is 0.912. The highest BCUT2D eigenvalue weighted by Crippen LogP contribution is 2.23. The third kappa shape index (κ3) is 5.18. The van der Waals surface area contributed by atoms with Crippen LogP contribution < -0.4 is 11.1 Å². The molecule has 3 aliphatic rings. The van der Waals surface area contributed by atoms with E-state index < -0.39 is 0 Å². The average molecular weight is 367 g/mol. The Hall–Kier alpha value is -1.18. The van der Waals surface area contributed by atoms with Crippen LogP contribution in [0, 0.1) is 5.92 Å². The summed E-state index contributed by atoms with van der Waals surface area (Å²) in [6.45, 7) is 5.99. The van der Waals surface area contributed by atoms with E-state index in [9.17, 15) is 9.59 Å². The monoisotopic (exact) mass is 366 g/mol. The second-order valence-electron chi connectivity index (χ2n) is 8.20. The molecule has 0 radical (unpaired) electrons. The van der Waals surface area contributed by atoms with E-state index in [1.165, 1.54) is 12.8 Å². The molecule has 7 heteroatoms. The average Bonchev–Trinajstić information content (AvgIpc) is 3.11. The summed E-state index contributed by atoms with van der Waals surface area (Å²) in [6.07, 6.45) is 6.02. The Balaban J connectivity index is 1.37. The van der Waals surface area contributed by atoms with E-state index in [1.54, 1.807) is 0 Å². The molecular weight excluding hydrogens is 332 g/mol. The first-order valence-corrected chi connectivity index (χ1v) is 10.2. The standard InChI is InChI=1S/C19H34N4O3/c1-14-3-2-4-15(11-14)21-18(24)13-22-7-9-23(10-8-22)19(25)17-6-5-16(12-20)26-17/h14-17H,2-13,20H2,1H3,(H,21,24)/t14?,15?,16-,17+/m1/s1. The Labute approximate surface area is 156 Å². The maximum absolute atomic E-state index is 12.5. The molecule has 2 aliphatic heterocycles. The molecule has 148 valence electrons. The van der Waals surface area contributed by atoms with Crippen LogP contribution >= 0.6 is 0 Å². The Morgan fingerprint density at radius 1 is 1.12 bits per heavy atom. The van der Waals surface area contributed by atoms with Crippen LogP contribution in [0.5, 0.6) is 0 Å². The highest BCUT2D eigenvalue weighted by Gasteiger charge is 2.34. The summed E-state index contributed by atoms with van der Waals surface area (Å²) < 4.78 is 5.72. The number of ether oxygens (including phenoxy) is 1. The molecule has 2 amide bonds. The summed E-state index contributed by atoms with van der Waals surface area (Å²) in [6, 6.07) is 0.337. The van der Waals surface area contributed by atoms with Crippen molar-refractivity contribution in [2.75, 3.05) is 39.3 Å². The van der Waals surface area contributed by atoms with Gasteiger partial charge in [-0.1, -0.05) is 19.8 Å². The van der Waals surface area contributed by atoms with Gasteiger partial charge in [-0.2, -0.15) is 0 Å². The van der Waals surface area contributed by atoms with E-state index in [0.717, 1.165) is 38.8 Å². The maximum atomic E-state index is 12.5. The minimum atomic E-state index is -0.327. The van der Waals surface area contributed by atoms with E-state index >= 15 is 0 Å². The molecule has 0 aromatic carbocycles. The second kappa shape index (κ2) is 9.15. The van der Waals surface area contributed by atoms with Gasteiger partial charge >= 0.3 is 0 Å². The number of piperazine rings is 1. The summed E-state index contributed by atoms with van der Waals surface area (Å²) in [7, 11) is 0. The SMILES string of the molecule is CC1CCCC(NC(=O)CN2CCN(C(=O)[C@@H]3CC[C@H](CN)O3)CC2)C1. The topological polar surface area (TPSA) is 87.9 Å². The largest absolute Gasteiger partial charge is 0.364 e. The third-order valence-electron chi connectivity index (χ3n) is 6.00. The van der Waals surface area contributed by atoms with Gasteiger partial charge < -0.3 is 20.7 Å². The number of carbonyl (C=O) groups excluding carboxylic acids is 2. The van der Waals surface area contributed by atoms with Crippen molar-refractivity contribution < 1.29 is 14.3 Å². The molecule has 3 rings (SSSR count). The first kappa shape index (κ1) is 19.6. The number of nitrogens with two attached hydrogens (primary N) is 1. The molecule has 0 aromatic heterocycles. The molecule has 0 aromatic rings. The summed E-state index contributed by atoms with van der Waals surface area (Å²) in [5, 5.41) is 3.19. The molecule has 1 saturated carbocycles. The lowest BCUT2D eigenvalue weighted by molar-refractivity contribution is -0.144. The summed E-state index contributed by atoms with van der Waals surface area (Å²) >= 11 is 0. The van der Waals surface area contributed by atoms with E-state index in [-0.39, 0.29) is 24.0 Å². The first-order chi connectivity index (χ1) is 12.5. The number of nitrogens with zero attached hydrogens (tertiary/aromatic N) is 2. The molecule has 26 heavy (non-hydrogen) atoms. The van der Waals surface area contributed by atoms with Crippen molar-refractivity contribution >= 4 is 11.8 Å². The van der Waals surface area contributed by atoms with Crippen molar-refractivity contribution in [1.82, 2.24) is 15.1 Å². The van der Waals surface area contributed by atoms with Gasteiger partial charge in [0.05, 0.1) is 12.6 Å². The Bertz CT molecular complexity index is 493. The zero-order valence-electron chi connectivity index (χ0n) is 16.0. The lowest BCUT2D eigenvalue weighted by Crippen LogP contribution is -2.53. The highest BCUT2D eigenvalue weighted by molar-refractivity contribution is 5.81. The molecule has 2 unspecified atom stereocenters. The highest BCUT2D eigenvalue weighted by atomic mass is 16.5. The van der Waals surface area contributed by atoms with Gasteiger partial charge in [-0.05, 0) is 31.6 Å². The minimum Gasteiger partial charge on any atom is -0.364 e. The van der Waals surface area contributed by atoms with Gasteiger partial charge in [0.2, 0.25) is 5.91 Å². The molecule has 3 fully saturated rings. The van der Waals surface area contributed by atoms with Gasteiger partial charge in [0.1, 0.15) is 6.10 Å². The van der Waals surface area contributed by atoms with Crippen LogP contribution in [0.1, 0.15) is 45.4 Å². The summed E-state index contributed by atoms with van der Waals surface area (Å²) in [4.78, 5) is 28.9. The van der Waals surface area contributed by atoms with Crippen LogP contribution in [0.3, 0.4) is 0 Å². The van der Waals surface area contributed by atoms with Crippen molar-refractivity contribution in [3.05, 3.63) is 0 Å². The van der Waals surface area contributed by atoms with Crippen LogP contribution in [-0.4, -0.2) is 79.1 Å². The van der Waals surface area contributed by atoms with E-state index in [4.69, 9.17) is 10.5 Å².